The van der Waals surface area contributed by atoms with Crippen LogP contribution in [0.4, 0.5) is 19.0 Å². The molecule has 0 N–H and O–H groups in total. The van der Waals surface area contributed by atoms with Crippen LogP contribution in [0.25, 0.3) is 0 Å². The molecule has 8 heteroatoms. The second kappa shape index (κ2) is 7.07. The van der Waals surface area contributed by atoms with E-state index >= 15 is 0 Å². The molecule has 2 fully saturated rings. The number of hydrogen-bond donors (Lipinski definition) is 0. The number of anilines is 1. The molecule has 0 radical (unpaired) electrons. The summed E-state index contributed by atoms with van der Waals surface area (Å²) in [6.45, 7) is 5.01. The highest BCUT2D eigenvalue weighted by Crippen LogP contribution is 2.34. The Bertz CT molecular complexity index is 854. The molecule has 0 bridgehead atoms. The number of carbonyl (C=O) groups excluding carboxylic acids is 1. The van der Waals surface area contributed by atoms with Crippen LogP contribution in [-0.2, 0) is 17.4 Å². The van der Waals surface area contributed by atoms with Crippen LogP contribution in [0.1, 0.15) is 16.8 Å². The van der Waals surface area contributed by atoms with Crippen molar-refractivity contribution in [3.05, 3.63) is 53.5 Å². The first-order valence-electron chi connectivity index (χ1n) is 9.27. The predicted octanol–water partition coefficient (Wildman–Crippen LogP) is 2.94. The molecule has 1 aromatic carbocycles. The molecule has 5 nitrogen and oxygen atoms in total. The average molecular weight is 390 g/mol. The van der Waals surface area contributed by atoms with Crippen molar-refractivity contribution in [2.45, 2.75) is 19.5 Å². The number of carbonyl (C=O) groups is 1. The fourth-order valence-corrected chi connectivity index (χ4v) is 4.10. The lowest BCUT2D eigenvalue weighted by molar-refractivity contribution is -0.137. The van der Waals surface area contributed by atoms with E-state index in [0.717, 1.165) is 36.7 Å². The SMILES string of the molecule is Cc1cc(N2CC3CN(C(=O)Cc4ccc(C(F)(F)F)cc4)CC3C2)ncn1. The third kappa shape index (κ3) is 3.81. The predicted molar refractivity (Wildman–Crippen MR) is 97.7 cm³/mol. The van der Waals surface area contributed by atoms with Gasteiger partial charge in [-0.2, -0.15) is 13.2 Å². The largest absolute Gasteiger partial charge is 0.416 e. The first-order chi connectivity index (χ1) is 13.3. The summed E-state index contributed by atoms with van der Waals surface area (Å²) < 4.78 is 37.9. The van der Waals surface area contributed by atoms with E-state index in [9.17, 15) is 18.0 Å². The number of halogens is 3. The second-order valence-corrected chi connectivity index (χ2v) is 7.61. The molecule has 0 aliphatic carbocycles. The maximum Gasteiger partial charge on any atom is 0.416 e. The maximum absolute atomic E-state index is 12.6. The molecule has 2 unspecified atom stereocenters. The Kier molecular flexibility index (Phi) is 4.72. The van der Waals surface area contributed by atoms with Crippen LogP contribution in [-0.4, -0.2) is 47.0 Å². The molecule has 2 atom stereocenters. The molecule has 2 aliphatic rings. The first-order valence-corrected chi connectivity index (χ1v) is 9.27. The van der Waals surface area contributed by atoms with Gasteiger partial charge in [0.15, 0.2) is 0 Å². The third-order valence-electron chi connectivity index (χ3n) is 5.59. The van der Waals surface area contributed by atoms with Crippen LogP contribution in [0.3, 0.4) is 0 Å². The zero-order valence-electron chi connectivity index (χ0n) is 15.5. The normalized spacial score (nSPS) is 21.9. The van der Waals surface area contributed by atoms with E-state index in [2.05, 4.69) is 14.9 Å². The lowest BCUT2D eigenvalue weighted by atomic mass is 10.0. The number of alkyl halides is 3. The van der Waals surface area contributed by atoms with E-state index in [4.69, 9.17) is 0 Å². The zero-order valence-corrected chi connectivity index (χ0v) is 15.5. The Balaban J connectivity index is 1.34. The van der Waals surface area contributed by atoms with E-state index in [0.29, 0.717) is 30.5 Å². The highest BCUT2D eigenvalue weighted by Gasteiger charge is 2.41. The minimum absolute atomic E-state index is 0.0291. The molecule has 0 saturated carbocycles. The monoisotopic (exact) mass is 390 g/mol. The standard InChI is InChI=1S/C20H21F3N4O/c1-13-6-18(25-12-24-13)26-8-15-10-27(11-16(15)9-26)19(28)7-14-2-4-17(5-3-14)20(21,22)23/h2-6,12,15-16H,7-11H2,1H3. The fourth-order valence-electron chi connectivity index (χ4n) is 4.10. The van der Waals surface area contributed by atoms with E-state index in [1.165, 1.54) is 12.1 Å². The quantitative estimate of drug-likeness (QED) is 0.809. The number of nitrogens with zero attached hydrogens (tertiary/aromatic N) is 4. The van der Waals surface area contributed by atoms with Gasteiger partial charge in [0.05, 0.1) is 12.0 Å². The third-order valence-corrected chi connectivity index (χ3v) is 5.59. The fraction of sp³-hybridized carbons (Fsp3) is 0.450. The number of rotatable bonds is 3. The summed E-state index contributed by atoms with van der Waals surface area (Å²) in [4.78, 5) is 25.1. The lowest BCUT2D eigenvalue weighted by Crippen LogP contribution is -2.34. The Morgan fingerprint density at radius 2 is 1.71 bits per heavy atom. The van der Waals surface area contributed by atoms with Crippen molar-refractivity contribution in [1.82, 2.24) is 14.9 Å². The Labute approximate surface area is 161 Å². The molecule has 4 rings (SSSR count). The van der Waals surface area contributed by atoms with E-state index in [-0.39, 0.29) is 12.3 Å². The molecule has 28 heavy (non-hydrogen) atoms. The summed E-state index contributed by atoms with van der Waals surface area (Å²) in [5.74, 6) is 1.68. The summed E-state index contributed by atoms with van der Waals surface area (Å²) in [6.07, 6.45) is -2.66. The number of amides is 1. The molecular weight excluding hydrogens is 369 g/mol. The minimum Gasteiger partial charge on any atom is -0.356 e. The zero-order chi connectivity index (χ0) is 19.9. The van der Waals surface area contributed by atoms with Gasteiger partial charge in [-0.3, -0.25) is 4.79 Å². The molecule has 2 aromatic rings. The van der Waals surface area contributed by atoms with E-state index in [1.54, 1.807) is 6.33 Å². The van der Waals surface area contributed by atoms with Crippen LogP contribution in [0.15, 0.2) is 36.7 Å². The molecule has 1 amide bonds. The van der Waals surface area contributed by atoms with Gasteiger partial charge >= 0.3 is 6.18 Å². The van der Waals surface area contributed by atoms with Gasteiger partial charge < -0.3 is 9.80 Å². The maximum atomic E-state index is 12.6. The lowest BCUT2D eigenvalue weighted by Gasteiger charge is -2.22. The number of likely N-dealkylation sites (tertiary alicyclic amines) is 1. The number of hydrogen-bond acceptors (Lipinski definition) is 4. The minimum atomic E-state index is -4.36. The summed E-state index contributed by atoms with van der Waals surface area (Å²) >= 11 is 0. The van der Waals surface area contributed by atoms with Gasteiger partial charge in [0.25, 0.3) is 0 Å². The highest BCUT2D eigenvalue weighted by molar-refractivity contribution is 5.79. The van der Waals surface area contributed by atoms with Gasteiger partial charge in [0, 0.05) is 49.8 Å². The van der Waals surface area contributed by atoms with Gasteiger partial charge in [-0.1, -0.05) is 12.1 Å². The summed E-state index contributed by atoms with van der Waals surface area (Å²) in [5.41, 5.74) is 0.836. The van der Waals surface area contributed by atoms with Crippen LogP contribution >= 0.6 is 0 Å². The van der Waals surface area contributed by atoms with E-state index in [1.807, 2.05) is 17.9 Å². The molecular formula is C20H21F3N4O. The molecule has 3 heterocycles. The number of fused-ring (bicyclic) bond motifs is 1. The first kappa shape index (κ1) is 18.7. The molecule has 0 spiro atoms. The Morgan fingerprint density at radius 1 is 1.07 bits per heavy atom. The topological polar surface area (TPSA) is 49.3 Å². The smallest absolute Gasteiger partial charge is 0.356 e. The highest BCUT2D eigenvalue weighted by atomic mass is 19.4. The number of benzene rings is 1. The molecule has 1 aromatic heterocycles. The van der Waals surface area contributed by atoms with Gasteiger partial charge in [0.2, 0.25) is 5.91 Å². The Morgan fingerprint density at radius 3 is 2.29 bits per heavy atom. The van der Waals surface area contributed by atoms with Crippen LogP contribution in [0.5, 0.6) is 0 Å². The Hall–Kier alpha value is -2.64. The van der Waals surface area contributed by atoms with Crippen LogP contribution < -0.4 is 4.90 Å². The van der Waals surface area contributed by atoms with Crippen molar-refractivity contribution in [3.8, 4) is 0 Å². The van der Waals surface area contributed by atoms with Crippen molar-refractivity contribution in [2.24, 2.45) is 11.8 Å². The van der Waals surface area contributed by atoms with Crippen molar-refractivity contribution in [2.75, 3.05) is 31.1 Å². The second-order valence-electron chi connectivity index (χ2n) is 7.61. The van der Waals surface area contributed by atoms with Gasteiger partial charge in [-0.05, 0) is 24.6 Å². The average Bonchev–Trinajstić information content (AvgIpc) is 3.20. The van der Waals surface area contributed by atoms with Crippen LogP contribution in [0.2, 0.25) is 0 Å². The number of aromatic nitrogens is 2. The molecule has 148 valence electrons. The van der Waals surface area contributed by atoms with Crippen molar-refractivity contribution >= 4 is 11.7 Å². The van der Waals surface area contributed by atoms with Gasteiger partial charge in [0.1, 0.15) is 12.1 Å². The molecule has 2 aliphatic heterocycles. The molecule has 2 saturated heterocycles. The van der Waals surface area contributed by atoms with Crippen LogP contribution in [0, 0.1) is 18.8 Å². The van der Waals surface area contributed by atoms with Gasteiger partial charge in [-0.25, -0.2) is 9.97 Å². The summed E-state index contributed by atoms with van der Waals surface area (Å²) in [7, 11) is 0. The van der Waals surface area contributed by atoms with Crippen molar-refractivity contribution < 1.29 is 18.0 Å². The van der Waals surface area contributed by atoms with Gasteiger partial charge in [-0.15, -0.1) is 0 Å². The van der Waals surface area contributed by atoms with Crippen molar-refractivity contribution in [3.63, 3.8) is 0 Å². The van der Waals surface area contributed by atoms with Crippen molar-refractivity contribution in [1.29, 1.82) is 0 Å². The van der Waals surface area contributed by atoms with E-state index < -0.39 is 11.7 Å². The summed E-state index contributed by atoms with van der Waals surface area (Å²) in [5, 5.41) is 0. The number of aryl methyl sites for hydroxylation is 1. The summed E-state index contributed by atoms with van der Waals surface area (Å²) in [6, 6.07) is 6.80.